The van der Waals surface area contributed by atoms with Crippen molar-refractivity contribution in [1.82, 2.24) is 30.2 Å². The van der Waals surface area contributed by atoms with Gasteiger partial charge in [-0.1, -0.05) is 34.1 Å². The maximum absolute atomic E-state index is 14.3. The Kier molecular flexibility index (Phi) is 15.0. The molecule has 4 fully saturated rings. The topological polar surface area (TPSA) is 229 Å². The average Bonchev–Trinajstić information content (AvgIpc) is 3.98. The van der Waals surface area contributed by atoms with Gasteiger partial charge in [-0.3, -0.25) is 28.8 Å². The summed E-state index contributed by atoms with van der Waals surface area (Å²) in [6.45, 7) is 9.21. The Hall–Kier alpha value is -3.79. The van der Waals surface area contributed by atoms with Crippen molar-refractivity contribution in [1.29, 1.82) is 0 Å². The first-order valence-corrected chi connectivity index (χ1v) is 19.7. The number of likely N-dealkylation sites (tertiary alicyclic amines) is 4. The molecule has 0 aromatic carbocycles. The molecule has 4 saturated heterocycles. The van der Waals surface area contributed by atoms with E-state index in [1.165, 1.54) is 19.6 Å². The second-order valence-corrected chi connectivity index (χ2v) is 15.6. The zero-order valence-corrected chi connectivity index (χ0v) is 32.0. The first-order valence-electron chi connectivity index (χ1n) is 19.7. The molecule has 0 aromatic heterocycles. The Balaban J connectivity index is 1.48. The SMILES string of the molecule is CC[C@H](C)[C@H](NC(=O)[C@H](CCCCN)NC(=O)[C@@H]1CCCN1C(=O)[C@@H](N)C(C)C)C(=O)N1CCC[C@H]1C(=O)N1CCC[C@H]1C(=O)N1CCC[C@H]1C(=O)O. The molecule has 4 aliphatic heterocycles. The number of rotatable bonds is 16. The van der Waals surface area contributed by atoms with E-state index in [0.29, 0.717) is 103 Å². The van der Waals surface area contributed by atoms with Crippen LogP contribution in [0.2, 0.25) is 0 Å². The zero-order chi connectivity index (χ0) is 39.0. The van der Waals surface area contributed by atoms with Crippen molar-refractivity contribution >= 4 is 41.4 Å². The van der Waals surface area contributed by atoms with Crippen LogP contribution < -0.4 is 22.1 Å². The van der Waals surface area contributed by atoms with Crippen LogP contribution >= 0.6 is 0 Å². The molecule has 0 saturated carbocycles. The van der Waals surface area contributed by atoms with E-state index in [1.807, 2.05) is 27.7 Å². The van der Waals surface area contributed by atoms with Crippen LogP contribution in [0.15, 0.2) is 0 Å². The molecule has 16 nitrogen and oxygen atoms in total. The van der Waals surface area contributed by atoms with Gasteiger partial charge in [0.2, 0.25) is 35.4 Å². The zero-order valence-electron chi connectivity index (χ0n) is 32.0. The normalized spacial score (nSPS) is 25.3. The summed E-state index contributed by atoms with van der Waals surface area (Å²) >= 11 is 0. The summed E-state index contributed by atoms with van der Waals surface area (Å²) in [5.41, 5.74) is 11.9. The van der Waals surface area contributed by atoms with E-state index in [2.05, 4.69) is 10.6 Å². The number of hydrogen-bond donors (Lipinski definition) is 5. The van der Waals surface area contributed by atoms with Gasteiger partial charge in [-0.2, -0.15) is 0 Å². The summed E-state index contributed by atoms with van der Waals surface area (Å²) < 4.78 is 0. The van der Waals surface area contributed by atoms with Gasteiger partial charge in [-0.05, 0) is 89.0 Å². The van der Waals surface area contributed by atoms with Crippen LogP contribution in [0.5, 0.6) is 0 Å². The lowest BCUT2D eigenvalue weighted by molar-refractivity contribution is -0.154. The minimum Gasteiger partial charge on any atom is -0.480 e. The summed E-state index contributed by atoms with van der Waals surface area (Å²) in [4.78, 5) is 100. The average molecular weight is 747 g/mol. The number of nitrogens with two attached hydrogens (primary N) is 2. The number of aliphatic carboxylic acids is 1. The lowest BCUT2D eigenvalue weighted by Gasteiger charge is -2.36. The summed E-state index contributed by atoms with van der Waals surface area (Å²) in [5.74, 6) is -3.87. The van der Waals surface area contributed by atoms with Gasteiger partial charge in [0.1, 0.15) is 36.3 Å². The highest BCUT2D eigenvalue weighted by atomic mass is 16.4. The number of unbranched alkanes of at least 4 members (excludes halogenated alkanes) is 1. The van der Waals surface area contributed by atoms with Crippen molar-refractivity contribution in [2.24, 2.45) is 23.3 Å². The first kappa shape index (κ1) is 42.0. The van der Waals surface area contributed by atoms with E-state index in [0.717, 1.165) is 0 Å². The van der Waals surface area contributed by atoms with Crippen LogP contribution in [0.3, 0.4) is 0 Å². The third-order valence-electron chi connectivity index (χ3n) is 11.7. The highest BCUT2D eigenvalue weighted by Gasteiger charge is 2.47. The second kappa shape index (κ2) is 19.0. The minimum absolute atomic E-state index is 0.108. The number of carboxylic acids is 1. The highest BCUT2D eigenvalue weighted by molar-refractivity contribution is 5.97. The molecule has 298 valence electrons. The molecule has 0 aliphatic carbocycles. The van der Waals surface area contributed by atoms with Gasteiger partial charge < -0.3 is 46.8 Å². The summed E-state index contributed by atoms with van der Waals surface area (Å²) in [6.07, 6.45) is 6.01. The number of carbonyl (C=O) groups excluding carboxylic acids is 6. The minimum atomic E-state index is -1.06. The third kappa shape index (κ3) is 9.66. The predicted octanol–water partition coefficient (Wildman–Crippen LogP) is 0.163. The fraction of sp³-hybridized carbons (Fsp3) is 0.811. The Morgan fingerprint density at radius 3 is 1.72 bits per heavy atom. The number of amides is 6. The van der Waals surface area contributed by atoms with Crippen molar-refractivity contribution in [3.63, 3.8) is 0 Å². The van der Waals surface area contributed by atoms with Crippen LogP contribution in [0.25, 0.3) is 0 Å². The monoisotopic (exact) mass is 746 g/mol. The smallest absolute Gasteiger partial charge is 0.326 e. The molecule has 6 amide bonds. The van der Waals surface area contributed by atoms with Crippen LogP contribution in [0, 0.1) is 11.8 Å². The van der Waals surface area contributed by atoms with Crippen molar-refractivity contribution in [2.75, 3.05) is 32.7 Å². The molecule has 53 heavy (non-hydrogen) atoms. The summed E-state index contributed by atoms with van der Waals surface area (Å²) in [7, 11) is 0. The van der Waals surface area contributed by atoms with Crippen LogP contribution in [0.1, 0.15) is 105 Å². The largest absolute Gasteiger partial charge is 0.480 e. The quantitative estimate of drug-likeness (QED) is 0.134. The van der Waals surface area contributed by atoms with E-state index in [4.69, 9.17) is 11.5 Å². The van der Waals surface area contributed by atoms with Crippen LogP contribution in [-0.4, -0.2) is 141 Å². The van der Waals surface area contributed by atoms with Crippen molar-refractivity contribution in [2.45, 2.75) is 147 Å². The third-order valence-corrected chi connectivity index (χ3v) is 11.7. The lowest BCUT2D eigenvalue weighted by atomic mass is 9.96. The van der Waals surface area contributed by atoms with E-state index >= 15 is 0 Å². The molecule has 0 radical (unpaired) electrons. The lowest BCUT2D eigenvalue weighted by Crippen LogP contribution is -2.60. The van der Waals surface area contributed by atoms with Gasteiger partial charge in [0.15, 0.2) is 0 Å². The molecule has 4 aliphatic rings. The molecule has 7 N–H and O–H groups in total. The Morgan fingerprint density at radius 1 is 0.698 bits per heavy atom. The van der Waals surface area contributed by atoms with Crippen LogP contribution in [0.4, 0.5) is 0 Å². The standard InChI is InChI=1S/C37H62N8O8/c1-5-23(4)30(41-31(46)24(12-6-7-17-38)40-32(47)25-13-8-18-42(25)35(50)29(39)22(2)3)36(51)44-20-10-15-27(44)33(48)43-19-9-14-26(43)34(49)45-21-11-16-28(45)37(52)53/h22-30H,5-21,38-39H2,1-4H3,(H,40,47)(H,41,46)(H,52,53)/t23-,24-,25-,26-,27-,28-,29-,30-/m0/s1. The van der Waals surface area contributed by atoms with Gasteiger partial charge >= 0.3 is 5.97 Å². The molecule has 16 heteroatoms. The number of carboxylic acid groups (broad SMARTS) is 1. The fourth-order valence-electron chi connectivity index (χ4n) is 8.17. The van der Waals surface area contributed by atoms with E-state index < -0.39 is 66.0 Å². The molecule has 4 heterocycles. The summed E-state index contributed by atoms with van der Waals surface area (Å²) in [6, 6.07) is -6.00. The Morgan fingerprint density at radius 2 is 1.19 bits per heavy atom. The maximum Gasteiger partial charge on any atom is 0.326 e. The Bertz CT molecular complexity index is 1360. The maximum atomic E-state index is 14.3. The molecule has 0 bridgehead atoms. The van der Waals surface area contributed by atoms with E-state index in [9.17, 15) is 38.7 Å². The van der Waals surface area contributed by atoms with Crippen molar-refractivity contribution in [3.8, 4) is 0 Å². The van der Waals surface area contributed by atoms with Gasteiger partial charge in [0, 0.05) is 26.2 Å². The second-order valence-electron chi connectivity index (χ2n) is 15.6. The van der Waals surface area contributed by atoms with E-state index in [1.54, 1.807) is 0 Å². The molecule has 4 rings (SSSR count). The number of nitrogens with one attached hydrogen (secondary N) is 2. The number of hydrogen-bond acceptors (Lipinski definition) is 9. The molecule has 0 aromatic rings. The number of nitrogens with zero attached hydrogens (tertiary/aromatic N) is 4. The molecule has 0 unspecified atom stereocenters. The Labute approximate surface area is 313 Å². The summed E-state index contributed by atoms with van der Waals surface area (Å²) in [5, 5.41) is 15.4. The van der Waals surface area contributed by atoms with Gasteiger partial charge in [-0.15, -0.1) is 0 Å². The van der Waals surface area contributed by atoms with Gasteiger partial charge in [-0.25, -0.2) is 4.79 Å². The first-order chi connectivity index (χ1) is 25.2. The van der Waals surface area contributed by atoms with E-state index in [-0.39, 0.29) is 36.0 Å². The fourth-order valence-corrected chi connectivity index (χ4v) is 8.17. The van der Waals surface area contributed by atoms with Crippen LogP contribution in [-0.2, 0) is 33.6 Å². The van der Waals surface area contributed by atoms with Crippen molar-refractivity contribution in [3.05, 3.63) is 0 Å². The molecular weight excluding hydrogens is 684 g/mol. The van der Waals surface area contributed by atoms with Crippen molar-refractivity contribution < 1.29 is 38.7 Å². The number of carbonyl (C=O) groups is 7. The van der Waals surface area contributed by atoms with Gasteiger partial charge in [0.05, 0.1) is 6.04 Å². The molecule has 0 spiro atoms. The molecular formula is C37H62N8O8. The van der Waals surface area contributed by atoms with Gasteiger partial charge in [0.25, 0.3) is 0 Å². The predicted molar refractivity (Wildman–Crippen MR) is 196 cm³/mol. The molecule has 8 atom stereocenters. The highest BCUT2D eigenvalue weighted by Crippen LogP contribution is 2.29.